The molecule has 0 radical (unpaired) electrons. The third-order valence-corrected chi connectivity index (χ3v) is 9.11. The van der Waals surface area contributed by atoms with Crippen molar-refractivity contribution in [2.45, 2.75) is 30.8 Å². The van der Waals surface area contributed by atoms with Gasteiger partial charge < -0.3 is 0 Å². The van der Waals surface area contributed by atoms with Crippen molar-refractivity contribution in [2.75, 3.05) is 11.4 Å². The second-order valence-corrected chi connectivity index (χ2v) is 11.2. The minimum absolute atomic E-state index is 0.0363. The van der Waals surface area contributed by atoms with Crippen LogP contribution in [0.25, 0.3) is 0 Å². The molecule has 0 N–H and O–H groups in total. The quantitative estimate of drug-likeness (QED) is 0.355. The van der Waals surface area contributed by atoms with Crippen molar-refractivity contribution >= 4 is 45.5 Å². The second kappa shape index (κ2) is 8.10. The third-order valence-electron chi connectivity index (χ3n) is 7.55. The first-order chi connectivity index (χ1) is 17.5. The summed E-state index contributed by atoms with van der Waals surface area (Å²) in [4.78, 5) is 44.8. The molecule has 2 aromatic carbocycles. The summed E-state index contributed by atoms with van der Waals surface area (Å²) in [7, 11) is 0. The summed E-state index contributed by atoms with van der Waals surface area (Å²) in [5.74, 6) is -0.723. The molecule has 2 aliphatic heterocycles. The molecule has 0 fully saturated rings. The highest BCUT2D eigenvalue weighted by Gasteiger charge is 2.45. The van der Waals surface area contributed by atoms with Gasteiger partial charge in [0.2, 0.25) is 0 Å². The SMILES string of the molecule is O=C1C2=C(C=CC1Cl)Cc1c(N3C(=O)c4ccccc4C3=O)sc3c1C2CN(Cc1ccccc1)C3. The van der Waals surface area contributed by atoms with Crippen LogP contribution in [0.3, 0.4) is 0 Å². The molecule has 3 heterocycles. The van der Waals surface area contributed by atoms with E-state index in [0.29, 0.717) is 35.6 Å². The van der Waals surface area contributed by atoms with Gasteiger partial charge in [0.05, 0.1) is 11.1 Å². The van der Waals surface area contributed by atoms with Gasteiger partial charge in [-0.15, -0.1) is 22.9 Å². The number of imide groups is 1. The van der Waals surface area contributed by atoms with E-state index in [2.05, 4.69) is 17.0 Å². The van der Waals surface area contributed by atoms with Crippen molar-refractivity contribution in [3.05, 3.63) is 111 Å². The van der Waals surface area contributed by atoms with Crippen molar-refractivity contribution in [1.29, 1.82) is 0 Å². The molecule has 36 heavy (non-hydrogen) atoms. The Hall–Kier alpha value is -3.32. The van der Waals surface area contributed by atoms with Crippen molar-refractivity contribution in [3.8, 4) is 0 Å². The molecule has 0 spiro atoms. The van der Waals surface area contributed by atoms with Gasteiger partial charge in [-0.25, -0.2) is 4.90 Å². The zero-order valence-corrected chi connectivity index (χ0v) is 20.8. The number of hydrogen-bond donors (Lipinski definition) is 0. The van der Waals surface area contributed by atoms with E-state index < -0.39 is 5.38 Å². The third kappa shape index (κ3) is 3.15. The van der Waals surface area contributed by atoms with Crippen LogP contribution < -0.4 is 4.90 Å². The molecule has 2 aliphatic carbocycles. The molecule has 2 unspecified atom stereocenters. The van der Waals surface area contributed by atoms with Gasteiger partial charge in [-0.3, -0.25) is 19.3 Å². The molecule has 7 rings (SSSR count). The number of carbonyl (C=O) groups is 3. The molecular weight excluding hydrogens is 492 g/mol. The molecule has 7 heteroatoms. The monoisotopic (exact) mass is 512 g/mol. The van der Waals surface area contributed by atoms with E-state index in [1.807, 2.05) is 24.3 Å². The van der Waals surface area contributed by atoms with Gasteiger partial charge in [-0.05, 0) is 34.4 Å². The largest absolute Gasteiger partial charge is 0.293 e. The van der Waals surface area contributed by atoms with Crippen LogP contribution in [0.15, 0.2) is 77.9 Å². The normalized spacial score (nSPS) is 22.7. The fourth-order valence-electron chi connectivity index (χ4n) is 6.00. The number of carbonyl (C=O) groups excluding carboxylic acids is 3. The lowest BCUT2D eigenvalue weighted by Gasteiger charge is -2.38. The van der Waals surface area contributed by atoms with E-state index in [1.165, 1.54) is 21.8 Å². The van der Waals surface area contributed by atoms with Gasteiger partial charge >= 0.3 is 0 Å². The van der Waals surface area contributed by atoms with Crippen LogP contribution >= 0.6 is 22.9 Å². The highest BCUT2D eigenvalue weighted by molar-refractivity contribution is 7.17. The molecule has 178 valence electrons. The highest BCUT2D eigenvalue weighted by Crippen LogP contribution is 2.52. The Labute approximate surface area is 217 Å². The van der Waals surface area contributed by atoms with Gasteiger partial charge in [0.1, 0.15) is 10.4 Å². The van der Waals surface area contributed by atoms with Gasteiger partial charge in [-0.1, -0.05) is 54.6 Å². The van der Waals surface area contributed by atoms with E-state index in [1.54, 1.807) is 30.3 Å². The number of nitrogens with zero attached hydrogens (tertiary/aromatic N) is 2. The Kier molecular flexibility index (Phi) is 4.93. The van der Waals surface area contributed by atoms with Crippen LogP contribution in [-0.2, 0) is 24.3 Å². The zero-order valence-electron chi connectivity index (χ0n) is 19.2. The predicted octanol–water partition coefficient (Wildman–Crippen LogP) is 5.25. The molecular formula is C29H21ClN2O3S. The zero-order chi connectivity index (χ0) is 24.6. The Balaban J connectivity index is 1.35. The lowest BCUT2D eigenvalue weighted by molar-refractivity contribution is -0.115. The number of alkyl halides is 1. The van der Waals surface area contributed by atoms with E-state index in [0.717, 1.165) is 33.7 Å². The maximum Gasteiger partial charge on any atom is 0.266 e. The van der Waals surface area contributed by atoms with Gasteiger partial charge in [0.15, 0.2) is 5.78 Å². The number of halogens is 1. The van der Waals surface area contributed by atoms with Crippen molar-refractivity contribution < 1.29 is 14.4 Å². The summed E-state index contributed by atoms with van der Waals surface area (Å²) in [5.41, 5.74) is 5.93. The smallest absolute Gasteiger partial charge is 0.266 e. The number of allylic oxidation sites excluding steroid dienone is 3. The van der Waals surface area contributed by atoms with Crippen LogP contribution in [0.5, 0.6) is 0 Å². The minimum Gasteiger partial charge on any atom is -0.293 e. The van der Waals surface area contributed by atoms with Crippen LogP contribution in [0.4, 0.5) is 5.00 Å². The molecule has 1 aromatic heterocycles. The Bertz CT molecular complexity index is 1500. The average molecular weight is 513 g/mol. The van der Waals surface area contributed by atoms with Crippen LogP contribution in [0.2, 0.25) is 0 Å². The number of thiophene rings is 1. The Morgan fingerprint density at radius 3 is 2.36 bits per heavy atom. The molecule has 0 bridgehead atoms. The maximum atomic E-state index is 13.4. The van der Waals surface area contributed by atoms with E-state index >= 15 is 0 Å². The number of fused-ring (bicyclic) bond motifs is 2. The lowest BCUT2D eigenvalue weighted by atomic mass is 9.73. The first-order valence-corrected chi connectivity index (χ1v) is 13.2. The van der Waals surface area contributed by atoms with Crippen molar-refractivity contribution in [1.82, 2.24) is 4.90 Å². The summed E-state index contributed by atoms with van der Waals surface area (Å²) < 4.78 is 0. The number of Topliss-reactive ketones (excluding diaryl/α,β-unsaturated/α-hetero) is 1. The van der Waals surface area contributed by atoms with Gasteiger partial charge in [0, 0.05) is 42.4 Å². The van der Waals surface area contributed by atoms with Crippen LogP contribution in [0, 0.1) is 0 Å². The Morgan fingerprint density at radius 1 is 0.944 bits per heavy atom. The standard InChI is InChI=1S/C29H21ClN2O3S/c30-22-11-10-17-12-20-25-21(24(17)26(22)33)14-31(13-16-6-2-1-3-7-16)15-23(25)36-29(20)32-27(34)18-8-4-5-9-19(18)28(32)35/h1-11,21-22H,12-15H2. The van der Waals surface area contributed by atoms with E-state index in [-0.39, 0.29) is 23.5 Å². The summed E-state index contributed by atoms with van der Waals surface area (Å²) in [5, 5.41) is 0.0331. The summed E-state index contributed by atoms with van der Waals surface area (Å²) in [6.07, 6.45) is 4.22. The Morgan fingerprint density at radius 2 is 1.64 bits per heavy atom. The predicted molar refractivity (Wildman–Crippen MR) is 140 cm³/mol. The molecule has 4 aliphatic rings. The molecule has 0 saturated carbocycles. The molecule has 5 nitrogen and oxygen atoms in total. The number of rotatable bonds is 3. The summed E-state index contributed by atoms with van der Waals surface area (Å²) in [6, 6.07) is 17.3. The fourth-order valence-corrected chi connectivity index (χ4v) is 7.61. The number of anilines is 1. The number of ketones is 1. The number of amides is 2. The summed E-state index contributed by atoms with van der Waals surface area (Å²) in [6.45, 7) is 2.15. The number of hydrogen-bond acceptors (Lipinski definition) is 5. The highest BCUT2D eigenvalue weighted by atomic mass is 35.5. The molecule has 2 amide bonds. The maximum absolute atomic E-state index is 13.4. The molecule has 0 saturated heterocycles. The first-order valence-electron chi connectivity index (χ1n) is 12.0. The van der Waals surface area contributed by atoms with Gasteiger partial charge in [-0.2, -0.15) is 0 Å². The minimum atomic E-state index is -0.660. The first kappa shape index (κ1) is 21.9. The van der Waals surface area contributed by atoms with Crippen LogP contribution in [-0.4, -0.2) is 34.4 Å². The van der Waals surface area contributed by atoms with E-state index in [4.69, 9.17) is 11.6 Å². The lowest BCUT2D eigenvalue weighted by Crippen LogP contribution is -2.38. The van der Waals surface area contributed by atoms with Crippen molar-refractivity contribution in [2.24, 2.45) is 0 Å². The summed E-state index contributed by atoms with van der Waals surface area (Å²) >= 11 is 7.89. The van der Waals surface area contributed by atoms with Gasteiger partial charge in [0.25, 0.3) is 11.8 Å². The van der Waals surface area contributed by atoms with Crippen LogP contribution in [0.1, 0.15) is 48.2 Å². The molecule has 2 atom stereocenters. The average Bonchev–Trinajstić information content (AvgIpc) is 3.36. The van der Waals surface area contributed by atoms with Crippen molar-refractivity contribution in [3.63, 3.8) is 0 Å². The van der Waals surface area contributed by atoms with E-state index in [9.17, 15) is 14.4 Å². The number of benzene rings is 2. The fraction of sp³-hybridized carbons (Fsp3) is 0.207. The molecule has 3 aromatic rings. The second-order valence-electron chi connectivity index (χ2n) is 9.66. The topological polar surface area (TPSA) is 57.7 Å².